The molecule has 3 aromatic rings. The highest BCUT2D eigenvalue weighted by molar-refractivity contribution is 5.97. The van der Waals surface area contributed by atoms with Crippen LogP contribution in [0.25, 0.3) is 11.4 Å². The van der Waals surface area contributed by atoms with E-state index in [4.69, 9.17) is 9.26 Å². The molecule has 1 aromatic heterocycles. The van der Waals surface area contributed by atoms with E-state index in [1.54, 1.807) is 31.4 Å². The van der Waals surface area contributed by atoms with Crippen LogP contribution in [0.1, 0.15) is 29.6 Å². The molecule has 0 unspecified atom stereocenters. The van der Waals surface area contributed by atoms with Crippen LogP contribution in [0, 0.1) is 0 Å². The lowest BCUT2D eigenvalue weighted by molar-refractivity contribution is -0.116. The minimum Gasteiger partial charge on any atom is -0.497 e. The Balaban J connectivity index is 1.57. The van der Waals surface area contributed by atoms with Gasteiger partial charge in [0.1, 0.15) is 5.75 Å². The van der Waals surface area contributed by atoms with Crippen molar-refractivity contribution in [1.29, 1.82) is 0 Å². The Kier molecular flexibility index (Phi) is 5.61. The number of anilines is 1. The smallest absolute Gasteiger partial charge is 0.227 e. The van der Waals surface area contributed by atoms with Crippen molar-refractivity contribution < 1.29 is 18.8 Å². The molecule has 0 spiro atoms. The van der Waals surface area contributed by atoms with Gasteiger partial charge in [-0.05, 0) is 43.3 Å². The molecule has 1 heterocycles. The van der Waals surface area contributed by atoms with Crippen LogP contribution >= 0.6 is 0 Å². The van der Waals surface area contributed by atoms with Gasteiger partial charge in [-0.1, -0.05) is 17.3 Å². The van der Waals surface area contributed by atoms with Crippen LogP contribution in [0.2, 0.25) is 0 Å². The lowest BCUT2D eigenvalue weighted by Crippen LogP contribution is -2.12. The molecule has 138 valence electrons. The number of benzene rings is 2. The topological polar surface area (TPSA) is 94.3 Å². The number of carbonyl (C=O) groups excluding carboxylic acids is 2. The number of rotatable bonds is 7. The molecular formula is C20H19N3O4. The zero-order valence-electron chi connectivity index (χ0n) is 15.1. The van der Waals surface area contributed by atoms with Gasteiger partial charge < -0.3 is 14.6 Å². The fourth-order valence-corrected chi connectivity index (χ4v) is 2.47. The van der Waals surface area contributed by atoms with Crippen molar-refractivity contribution in [3.63, 3.8) is 0 Å². The number of aromatic nitrogens is 2. The average Bonchev–Trinajstić information content (AvgIpc) is 3.16. The Bertz CT molecular complexity index is 948. The van der Waals surface area contributed by atoms with Gasteiger partial charge in [-0.15, -0.1) is 0 Å². The van der Waals surface area contributed by atoms with Gasteiger partial charge in [0.25, 0.3) is 0 Å². The summed E-state index contributed by atoms with van der Waals surface area (Å²) < 4.78 is 10.3. The predicted octanol–water partition coefficient (Wildman–Crippen LogP) is 3.52. The summed E-state index contributed by atoms with van der Waals surface area (Å²) in [7, 11) is 1.60. The molecule has 7 nitrogen and oxygen atoms in total. The summed E-state index contributed by atoms with van der Waals surface area (Å²) in [6, 6.07) is 14.1. The van der Waals surface area contributed by atoms with Gasteiger partial charge in [-0.3, -0.25) is 9.59 Å². The van der Waals surface area contributed by atoms with Gasteiger partial charge in [-0.25, -0.2) is 0 Å². The maximum atomic E-state index is 12.1. The average molecular weight is 365 g/mol. The highest BCUT2D eigenvalue weighted by Gasteiger charge is 2.11. The van der Waals surface area contributed by atoms with E-state index in [-0.39, 0.29) is 18.1 Å². The van der Waals surface area contributed by atoms with E-state index in [1.807, 2.05) is 24.3 Å². The van der Waals surface area contributed by atoms with E-state index in [1.165, 1.54) is 6.92 Å². The summed E-state index contributed by atoms with van der Waals surface area (Å²) in [6.07, 6.45) is 0.510. The minimum atomic E-state index is -0.195. The van der Waals surface area contributed by atoms with Gasteiger partial charge in [0.2, 0.25) is 17.6 Å². The number of Topliss-reactive ketones (excluding diaryl/α,β-unsaturated/α-hetero) is 1. The summed E-state index contributed by atoms with van der Waals surface area (Å²) >= 11 is 0. The summed E-state index contributed by atoms with van der Waals surface area (Å²) in [5.41, 5.74) is 1.93. The molecule has 0 atom stereocenters. The molecule has 0 saturated carbocycles. The quantitative estimate of drug-likeness (QED) is 0.644. The number of hydrogen-bond donors (Lipinski definition) is 1. The van der Waals surface area contributed by atoms with Gasteiger partial charge in [0.05, 0.1) is 7.11 Å². The van der Waals surface area contributed by atoms with E-state index in [2.05, 4.69) is 15.5 Å². The molecule has 0 aliphatic heterocycles. The summed E-state index contributed by atoms with van der Waals surface area (Å²) in [5.74, 6) is 1.34. The molecule has 27 heavy (non-hydrogen) atoms. The first-order valence-corrected chi connectivity index (χ1v) is 8.43. The van der Waals surface area contributed by atoms with Gasteiger partial charge >= 0.3 is 0 Å². The Labute approximate surface area is 156 Å². The van der Waals surface area contributed by atoms with Crippen LogP contribution in [0.15, 0.2) is 53.1 Å². The first-order chi connectivity index (χ1) is 13.0. The molecule has 0 radical (unpaired) electrons. The van der Waals surface area contributed by atoms with E-state index in [9.17, 15) is 9.59 Å². The van der Waals surface area contributed by atoms with Crippen LogP contribution in [-0.4, -0.2) is 28.9 Å². The normalized spacial score (nSPS) is 10.4. The highest BCUT2D eigenvalue weighted by Crippen LogP contribution is 2.20. The van der Waals surface area contributed by atoms with Crippen molar-refractivity contribution >= 4 is 17.4 Å². The minimum absolute atomic E-state index is 0.0528. The van der Waals surface area contributed by atoms with Crippen LogP contribution in [0.4, 0.5) is 5.69 Å². The van der Waals surface area contributed by atoms with Crippen molar-refractivity contribution in [3.8, 4) is 17.1 Å². The Morgan fingerprint density at radius 1 is 1.15 bits per heavy atom. The Morgan fingerprint density at radius 3 is 2.63 bits per heavy atom. The molecule has 0 aliphatic rings. The SMILES string of the molecule is COc1ccc(-c2noc(CCC(=O)Nc3cccc(C(C)=O)c3)n2)cc1. The van der Waals surface area contributed by atoms with E-state index < -0.39 is 0 Å². The number of aryl methyl sites for hydroxylation is 1. The van der Waals surface area contributed by atoms with Crippen molar-refractivity contribution in [2.24, 2.45) is 0 Å². The predicted molar refractivity (Wildman–Crippen MR) is 99.7 cm³/mol. The Morgan fingerprint density at radius 2 is 1.93 bits per heavy atom. The van der Waals surface area contributed by atoms with Crippen LogP contribution in [-0.2, 0) is 11.2 Å². The van der Waals surface area contributed by atoms with E-state index in [0.29, 0.717) is 29.4 Å². The summed E-state index contributed by atoms with van der Waals surface area (Å²) in [5, 5.41) is 6.70. The highest BCUT2D eigenvalue weighted by atomic mass is 16.5. The van der Waals surface area contributed by atoms with Crippen LogP contribution in [0.3, 0.4) is 0 Å². The Hall–Kier alpha value is -3.48. The third kappa shape index (κ3) is 4.78. The second kappa shape index (κ2) is 8.27. The van der Waals surface area contributed by atoms with Crippen molar-refractivity contribution in [2.75, 3.05) is 12.4 Å². The molecule has 0 aliphatic carbocycles. The van der Waals surface area contributed by atoms with E-state index >= 15 is 0 Å². The molecule has 7 heteroatoms. The number of nitrogens with zero attached hydrogens (tertiary/aromatic N) is 2. The number of methoxy groups -OCH3 is 1. The zero-order chi connectivity index (χ0) is 19.2. The number of amides is 1. The number of hydrogen-bond acceptors (Lipinski definition) is 6. The number of ether oxygens (including phenoxy) is 1. The number of carbonyl (C=O) groups is 2. The van der Waals surface area contributed by atoms with Gasteiger partial charge in [-0.2, -0.15) is 4.98 Å². The molecule has 1 N–H and O–H groups in total. The fraction of sp³-hybridized carbons (Fsp3) is 0.200. The van der Waals surface area contributed by atoms with Gasteiger partial charge in [0.15, 0.2) is 5.78 Å². The lowest BCUT2D eigenvalue weighted by atomic mass is 10.1. The first kappa shape index (κ1) is 18.3. The van der Waals surface area contributed by atoms with Crippen molar-refractivity contribution in [3.05, 3.63) is 60.0 Å². The third-order valence-corrected chi connectivity index (χ3v) is 3.94. The third-order valence-electron chi connectivity index (χ3n) is 3.94. The molecule has 0 bridgehead atoms. The summed E-state index contributed by atoms with van der Waals surface area (Å²) in [4.78, 5) is 27.8. The second-order valence-corrected chi connectivity index (χ2v) is 5.93. The summed E-state index contributed by atoms with van der Waals surface area (Å²) in [6.45, 7) is 1.48. The maximum Gasteiger partial charge on any atom is 0.227 e. The standard InChI is InChI=1S/C20H19N3O4/c1-13(24)15-4-3-5-16(12-15)21-18(25)10-11-19-22-20(23-27-19)14-6-8-17(26-2)9-7-14/h3-9,12H,10-11H2,1-2H3,(H,21,25). The molecule has 0 fully saturated rings. The van der Waals surface area contributed by atoms with E-state index in [0.717, 1.165) is 11.3 Å². The largest absolute Gasteiger partial charge is 0.497 e. The molecule has 1 amide bonds. The molecule has 3 rings (SSSR count). The van der Waals surface area contributed by atoms with Crippen molar-refractivity contribution in [2.45, 2.75) is 19.8 Å². The fourth-order valence-electron chi connectivity index (χ4n) is 2.47. The van der Waals surface area contributed by atoms with Gasteiger partial charge in [0, 0.05) is 29.7 Å². The maximum absolute atomic E-state index is 12.1. The lowest BCUT2D eigenvalue weighted by Gasteiger charge is -2.05. The molecular weight excluding hydrogens is 346 g/mol. The van der Waals surface area contributed by atoms with Crippen LogP contribution in [0.5, 0.6) is 5.75 Å². The zero-order valence-corrected chi connectivity index (χ0v) is 15.1. The second-order valence-electron chi connectivity index (χ2n) is 5.93. The monoisotopic (exact) mass is 365 g/mol. The number of ketones is 1. The van der Waals surface area contributed by atoms with Crippen LogP contribution < -0.4 is 10.1 Å². The van der Waals surface area contributed by atoms with Crippen molar-refractivity contribution in [1.82, 2.24) is 10.1 Å². The molecule has 0 saturated heterocycles. The number of nitrogens with one attached hydrogen (secondary N) is 1. The molecule has 2 aromatic carbocycles. The first-order valence-electron chi connectivity index (χ1n) is 8.43.